The predicted octanol–water partition coefficient (Wildman–Crippen LogP) is 1.86. The maximum atomic E-state index is 12.2. The van der Waals surface area contributed by atoms with Crippen molar-refractivity contribution < 1.29 is 4.79 Å². The zero-order valence-electron chi connectivity index (χ0n) is 11.4. The van der Waals surface area contributed by atoms with Gasteiger partial charge in [0.15, 0.2) is 5.69 Å². The molecule has 0 saturated heterocycles. The number of hydrogen-bond acceptors (Lipinski definition) is 3. The highest BCUT2D eigenvalue weighted by molar-refractivity contribution is 5.97. The van der Waals surface area contributed by atoms with E-state index in [1.807, 2.05) is 0 Å². The Balaban J connectivity index is 1.67. The first kappa shape index (κ1) is 12.5. The first-order chi connectivity index (χ1) is 9.19. The molecule has 5 nitrogen and oxygen atoms in total. The molecule has 1 aromatic rings. The summed E-state index contributed by atoms with van der Waals surface area (Å²) in [5.41, 5.74) is 7.74. The van der Waals surface area contributed by atoms with E-state index in [4.69, 9.17) is 5.73 Å². The Kier molecular flexibility index (Phi) is 3.21. The number of nitrogens with one attached hydrogen (secondary N) is 2. The highest BCUT2D eigenvalue weighted by Crippen LogP contribution is 2.44. The van der Waals surface area contributed by atoms with Gasteiger partial charge in [0.2, 0.25) is 0 Å². The zero-order valence-corrected chi connectivity index (χ0v) is 11.4. The Morgan fingerprint density at radius 1 is 1.47 bits per heavy atom. The SMILES string of the molecule is CCCc1[nH]nc(C(=O)NC2CC3CCC2C3)c1N. The van der Waals surface area contributed by atoms with Gasteiger partial charge in [0.1, 0.15) is 0 Å². The van der Waals surface area contributed by atoms with Gasteiger partial charge in [0, 0.05) is 6.04 Å². The molecule has 0 aromatic carbocycles. The minimum Gasteiger partial charge on any atom is -0.395 e. The highest BCUT2D eigenvalue weighted by Gasteiger charge is 2.40. The molecule has 2 aliphatic carbocycles. The molecule has 2 saturated carbocycles. The number of nitrogens with two attached hydrogens (primary N) is 1. The van der Waals surface area contributed by atoms with Crippen LogP contribution < -0.4 is 11.1 Å². The Labute approximate surface area is 113 Å². The van der Waals surface area contributed by atoms with Gasteiger partial charge in [-0.25, -0.2) is 0 Å². The minimum atomic E-state index is -0.117. The normalized spacial score (nSPS) is 28.8. The van der Waals surface area contributed by atoms with E-state index >= 15 is 0 Å². The van der Waals surface area contributed by atoms with Crippen LogP contribution in [0.15, 0.2) is 0 Å². The number of H-pyrrole nitrogens is 1. The second-order valence-electron chi connectivity index (χ2n) is 5.97. The minimum absolute atomic E-state index is 0.117. The van der Waals surface area contributed by atoms with Crippen LogP contribution in [0.2, 0.25) is 0 Å². The lowest BCUT2D eigenvalue weighted by atomic mass is 9.95. The van der Waals surface area contributed by atoms with Gasteiger partial charge in [-0.3, -0.25) is 9.89 Å². The van der Waals surface area contributed by atoms with Crippen LogP contribution in [0.3, 0.4) is 0 Å². The largest absolute Gasteiger partial charge is 0.395 e. The van der Waals surface area contributed by atoms with Gasteiger partial charge >= 0.3 is 0 Å². The summed E-state index contributed by atoms with van der Waals surface area (Å²) in [5, 5.41) is 10.1. The van der Waals surface area contributed by atoms with Crippen molar-refractivity contribution in [2.45, 2.75) is 51.5 Å². The van der Waals surface area contributed by atoms with E-state index in [1.54, 1.807) is 0 Å². The van der Waals surface area contributed by atoms with Crippen LogP contribution in [0.4, 0.5) is 5.69 Å². The molecular weight excluding hydrogens is 240 g/mol. The van der Waals surface area contributed by atoms with Crippen LogP contribution in [0.5, 0.6) is 0 Å². The molecule has 1 heterocycles. The smallest absolute Gasteiger partial charge is 0.274 e. The number of nitrogens with zero attached hydrogens (tertiary/aromatic N) is 1. The summed E-state index contributed by atoms with van der Waals surface area (Å²) in [5.74, 6) is 1.38. The number of hydrogen-bond donors (Lipinski definition) is 3. The van der Waals surface area contributed by atoms with Crippen molar-refractivity contribution in [2.75, 3.05) is 5.73 Å². The van der Waals surface area contributed by atoms with E-state index in [0.29, 0.717) is 23.3 Å². The van der Waals surface area contributed by atoms with Crippen molar-refractivity contribution in [1.82, 2.24) is 15.5 Å². The number of aromatic nitrogens is 2. The molecule has 104 valence electrons. The average molecular weight is 262 g/mol. The summed E-state index contributed by atoms with van der Waals surface area (Å²) in [6.07, 6.45) is 6.82. The van der Waals surface area contributed by atoms with Crippen molar-refractivity contribution in [3.63, 3.8) is 0 Å². The van der Waals surface area contributed by atoms with Gasteiger partial charge in [-0.05, 0) is 37.5 Å². The molecule has 0 radical (unpaired) electrons. The van der Waals surface area contributed by atoms with Crippen molar-refractivity contribution in [1.29, 1.82) is 0 Å². The van der Waals surface area contributed by atoms with Crippen LogP contribution >= 0.6 is 0 Å². The molecule has 2 fully saturated rings. The van der Waals surface area contributed by atoms with E-state index in [2.05, 4.69) is 22.4 Å². The summed E-state index contributed by atoms with van der Waals surface area (Å²) in [7, 11) is 0. The van der Waals surface area contributed by atoms with Crippen LogP contribution in [-0.2, 0) is 6.42 Å². The number of carbonyl (C=O) groups is 1. The summed E-state index contributed by atoms with van der Waals surface area (Å²) in [4.78, 5) is 12.2. The molecule has 2 aliphatic rings. The summed E-state index contributed by atoms with van der Waals surface area (Å²) < 4.78 is 0. The molecule has 19 heavy (non-hydrogen) atoms. The maximum Gasteiger partial charge on any atom is 0.274 e. The second-order valence-corrected chi connectivity index (χ2v) is 5.97. The van der Waals surface area contributed by atoms with E-state index in [1.165, 1.54) is 19.3 Å². The summed E-state index contributed by atoms with van der Waals surface area (Å²) >= 11 is 0. The third-order valence-electron chi connectivity index (χ3n) is 4.65. The predicted molar refractivity (Wildman–Crippen MR) is 73.7 cm³/mol. The average Bonchev–Trinajstić information content (AvgIpc) is 3.07. The van der Waals surface area contributed by atoms with Crippen LogP contribution in [0.25, 0.3) is 0 Å². The number of fused-ring (bicyclic) bond motifs is 2. The molecule has 1 aromatic heterocycles. The molecule has 3 unspecified atom stereocenters. The fourth-order valence-corrected chi connectivity index (χ4v) is 3.66. The Hall–Kier alpha value is -1.52. The van der Waals surface area contributed by atoms with E-state index in [9.17, 15) is 4.79 Å². The number of carbonyl (C=O) groups excluding carboxylic acids is 1. The lowest BCUT2D eigenvalue weighted by Gasteiger charge is -2.22. The summed E-state index contributed by atoms with van der Waals surface area (Å²) in [6.45, 7) is 2.08. The van der Waals surface area contributed by atoms with Gasteiger partial charge in [-0.15, -0.1) is 0 Å². The zero-order chi connectivity index (χ0) is 13.4. The molecule has 0 spiro atoms. The van der Waals surface area contributed by atoms with Gasteiger partial charge in [0.05, 0.1) is 11.4 Å². The monoisotopic (exact) mass is 262 g/mol. The van der Waals surface area contributed by atoms with Crippen molar-refractivity contribution in [2.24, 2.45) is 11.8 Å². The van der Waals surface area contributed by atoms with Gasteiger partial charge in [0.25, 0.3) is 5.91 Å². The van der Waals surface area contributed by atoms with Crippen LogP contribution in [0.1, 0.15) is 55.2 Å². The molecule has 3 atom stereocenters. The molecule has 2 bridgehead atoms. The number of rotatable bonds is 4. The highest BCUT2D eigenvalue weighted by atomic mass is 16.2. The second kappa shape index (κ2) is 4.87. The Morgan fingerprint density at radius 2 is 2.32 bits per heavy atom. The van der Waals surface area contributed by atoms with E-state index in [0.717, 1.165) is 30.9 Å². The van der Waals surface area contributed by atoms with Gasteiger partial charge in [-0.1, -0.05) is 19.8 Å². The Morgan fingerprint density at radius 3 is 2.95 bits per heavy atom. The van der Waals surface area contributed by atoms with Crippen molar-refractivity contribution in [3.05, 3.63) is 11.4 Å². The van der Waals surface area contributed by atoms with Gasteiger partial charge in [-0.2, -0.15) is 5.10 Å². The third kappa shape index (κ3) is 2.22. The molecular formula is C14H22N4O. The topological polar surface area (TPSA) is 83.8 Å². The fraction of sp³-hybridized carbons (Fsp3) is 0.714. The maximum absolute atomic E-state index is 12.2. The lowest BCUT2D eigenvalue weighted by Crippen LogP contribution is -2.38. The molecule has 5 heteroatoms. The molecule has 0 aliphatic heterocycles. The van der Waals surface area contributed by atoms with E-state index in [-0.39, 0.29) is 5.91 Å². The van der Waals surface area contributed by atoms with Crippen molar-refractivity contribution in [3.8, 4) is 0 Å². The number of nitrogen functional groups attached to an aromatic ring is 1. The summed E-state index contributed by atoms with van der Waals surface area (Å²) in [6, 6.07) is 0.331. The van der Waals surface area contributed by atoms with Crippen LogP contribution in [-0.4, -0.2) is 22.1 Å². The standard InChI is InChI=1S/C14H22N4O/c1-2-3-10-12(15)13(18-17-10)14(19)16-11-7-8-4-5-9(11)6-8/h8-9,11H,2-7,15H2,1H3,(H,16,19)(H,17,18). The molecule has 4 N–H and O–H groups in total. The quantitative estimate of drug-likeness (QED) is 0.774. The van der Waals surface area contributed by atoms with E-state index < -0.39 is 0 Å². The number of aromatic amines is 1. The number of aryl methyl sites for hydroxylation is 1. The Bertz CT molecular complexity index is 482. The van der Waals surface area contributed by atoms with Crippen LogP contribution in [0, 0.1) is 11.8 Å². The lowest BCUT2D eigenvalue weighted by molar-refractivity contribution is 0.0918. The first-order valence-electron chi connectivity index (χ1n) is 7.32. The first-order valence-corrected chi connectivity index (χ1v) is 7.32. The fourth-order valence-electron chi connectivity index (χ4n) is 3.66. The molecule has 1 amide bonds. The molecule has 3 rings (SSSR count). The number of anilines is 1. The van der Waals surface area contributed by atoms with Crippen molar-refractivity contribution >= 4 is 11.6 Å². The number of amides is 1. The van der Waals surface area contributed by atoms with Gasteiger partial charge < -0.3 is 11.1 Å². The third-order valence-corrected chi connectivity index (χ3v) is 4.65.